The highest BCUT2D eigenvalue weighted by atomic mass is 19.4. The van der Waals surface area contributed by atoms with E-state index in [0.717, 1.165) is 17.7 Å². The second-order valence-corrected chi connectivity index (χ2v) is 11.8. The smallest absolute Gasteiger partial charge is 0.348 e. The third kappa shape index (κ3) is 6.25. The van der Waals surface area contributed by atoms with E-state index in [-0.39, 0.29) is 17.9 Å². The number of piperidine rings is 1. The SMILES string of the molecule is CC(=O)C1(c2ccccc2)CCN(c2nc(C)c3ccc(=O)n(-c4ccc(C(=O)NCc5ccc(C(F)(F)F)cc5)cc4)c3n2)CC1. The standard InChI is InChI=1S/C36H32F3N5O3/c1-23-30-16-17-31(46)44(29-14-10-26(11-15-29)33(47)40-22-25-8-12-28(13-9-25)36(37,38)39)32(30)42-34(41-23)43-20-18-35(19-21-43,24(2)45)27-6-4-3-5-7-27/h3-17H,18-22H2,1-2H3,(H,40,47). The van der Waals surface area contributed by atoms with Crippen molar-refractivity contribution in [3.05, 3.63) is 129 Å². The van der Waals surface area contributed by atoms with Crippen molar-refractivity contribution in [2.24, 2.45) is 0 Å². The number of carbonyl (C=O) groups excluding carboxylic acids is 2. The number of fused-ring (bicyclic) bond motifs is 1. The maximum Gasteiger partial charge on any atom is 0.416 e. The number of ketones is 1. The van der Waals surface area contributed by atoms with Gasteiger partial charge in [-0.05, 0) is 80.3 Å². The van der Waals surface area contributed by atoms with Crippen molar-refractivity contribution >= 4 is 28.7 Å². The second-order valence-electron chi connectivity index (χ2n) is 11.8. The molecule has 0 radical (unpaired) electrons. The lowest BCUT2D eigenvalue weighted by atomic mass is 9.70. The first-order valence-electron chi connectivity index (χ1n) is 15.2. The summed E-state index contributed by atoms with van der Waals surface area (Å²) in [6.45, 7) is 4.68. The van der Waals surface area contributed by atoms with Crippen LogP contribution in [-0.4, -0.2) is 39.3 Å². The molecule has 8 nitrogen and oxygen atoms in total. The first-order valence-corrected chi connectivity index (χ1v) is 15.2. The number of hydrogen-bond acceptors (Lipinski definition) is 6. The number of amides is 1. The summed E-state index contributed by atoms with van der Waals surface area (Å²) in [6.07, 6.45) is -3.21. The van der Waals surface area contributed by atoms with Crippen LogP contribution in [-0.2, 0) is 22.9 Å². The number of halogens is 3. The van der Waals surface area contributed by atoms with Crippen molar-refractivity contribution in [1.82, 2.24) is 19.9 Å². The van der Waals surface area contributed by atoms with Crippen molar-refractivity contribution in [3.63, 3.8) is 0 Å². The first-order chi connectivity index (χ1) is 22.5. The minimum atomic E-state index is -4.43. The van der Waals surface area contributed by atoms with Crippen molar-refractivity contribution in [3.8, 4) is 5.69 Å². The summed E-state index contributed by atoms with van der Waals surface area (Å²) in [7, 11) is 0. The number of rotatable bonds is 7. The zero-order valence-electron chi connectivity index (χ0n) is 25.8. The molecule has 3 aromatic carbocycles. The van der Waals surface area contributed by atoms with Crippen LogP contribution in [0.3, 0.4) is 0 Å². The Labute approximate surface area is 268 Å². The monoisotopic (exact) mass is 639 g/mol. The van der Waals surface area contributed by atoms with Crippen LogP contribution in [0.15, 0.2) is 95.8 Å². The van der Waals surface area contributed by atoms with Gasteiger partial charge in [0.15, 0.2) is 5.65 Å². The molecule has 240 valence electrons. The maximum absolute atomic E-state index is 13.2. The average Bonchev–Trinajstić information content (AvgIpc) is 3.07. The molecule has 5 aromatic rings. The molecule has 0 bridgehead atoms. The van der Waals surface area contributed by atoms with Gasteiger partial charge in [0.1, 0.15) is 5.78 Å². The Morgan fingerprint density at radius 2 is 1.53 bits per heavy atom. The summed E-state index contributed by atoms with van der Waals surface area (Å²) >= 11 is 0. The van der Waals surface area contributed by atoms with Crippen LogP contribution in [0.2, 0.25) is 0 Å². The van der Waals surface area contributed by atoms with Gasteiger partial charge in [-0.25, -0.2) is 4.98 Å². The zero-order valence-corrected chi connectivity index (χ0v) is 25.8. The van der Waals surface area contributed by atoms with E-state index in [0.29, 0.717) is 65.4 Å². The topological polar surface area (TPSA) is 97.2 Å². The van der Waals surface area contributed by atoms with Gasteiger partial charge in [0.25, 0.3) is 11.5 Å². The number of aromatic nitrogens is 3. The third-order valence-electron chi connectivity index (χ3n) is 8.95. The fraction of sp³-hybridized carbons (Fsp3) is 0.250. The lowest BCUT2D eigenvalue weighted by Gasteiger charge is -2.40. The highest BCUT2D eigenvalue weighted by Crippen LogP contribution is 2.37. The van der Waals surface area contributed by atoms with E-state index in [4.69, 9.17) is 9.97 Å². The zero-order chi connectivity index (χ0) is 33.3. The van der Waals surface area contributed by atoms with Crippen LogP contribution in [0.4, 0.5) is 19.1 Å². The van der Waals surface area contributed by atoms with Gasteiger partial charge in [0, 0.05) is 36.7 Å². The summed E-state index contributed by atoms with van der Waals surface area (Å²) in [5.74, 6) is 0.188. The van der Waals surface area contributed by atoms with E-state index in [9.17, 15) is 27.6 Å². The van der Waals surface area contributed by atoms with Gasteiger partial charge in [0.2, 0.25) is 5.95 Å². The Morgan fingerprint density at radius 1 is 0.872 bits per heavy atom. The predicted octanol–water partition coefficient (Wildman–Crippen LogP) is 6.17. The molecule has 0 spiro atoms. The van der Waals surface area contributed by atoms with Crippen molar-refractivity contribution in [2.45, 2.75) is 44.8 Å². The van der Waals surface area contributed by atoms with Gasteiger partial charge in [0.05, 0.1) is 22.4 Å². The van der Waals surface area contributed by atoms with E-state index in [1.54, 1.807) is 37.3 Å². The van der Waals surface area contributed by atoms with Crippen LogP contribution in [0, 0.1) is 6.92 Å². The number of anilines is 1. The fourth-order valence-electron chi connectivity index (χ4n) is 6.19. The number of pyridine rings is 1. The van der Waals surface area contributed by atoms with Crippen molar-refractivity contribution in [1.29, 1.82) is 0 Å². The number of Topliss-reactive ketones (excluding diaryl/α,β-unsaturated/α-hetero) is 1. The number of aryl methyl sites for hydroxylation is 1. The van der Waals surface area contributed by atoms with Gasteiger partial charge >= 0.3 is 6.18 Å². The summed E-state index contributed by atoms with van der Waals surface area (Å²) < 4.78 is 40.0. The molecule has 11 heteroatoms. The molecule has 0 aliphatic carbocycles. The Kier molecular flexibility index (Phi) is 8.40. The highest BCUT2D eigenvalue weighted by Gasteiger charge is 2.41. The van der Waals surface area contributed by atoms with Crippen LogP contribution < -0.4 is 15.8 Å². The van der Waals surface area contributed by atoms with E-state index < -0.39 is 23.1 Å². The van der Waals surface area contributed by atoms with E-state index in [1.807, 2.05) is 42.2 Å². The van der Waals surface area contributed by atoms with Crippen LogP contribution in [0.25, 0.3) is 16.7 Å². The van der Waals surface area contributed by atoms with E-state index >= 15 is 0 Å². The molecule has 1 saturated heterocycles. The molecule has 2 aromatic heterocycles. The van der Waals surface area contributed by atoms with E-state index in [2.05, 4.69) is 5.32 Å². The minimum absolute atomic E-state index is 0.0515. The number of hydrogen-bond donors (Lipinski definition) is 1. The van der Waals surface area contributed by atoms with Crippen LogP contribution in [0.1, 0.15) is 52.5 Å². The number of benzene rings is 3. The van der Waals surface area contributed by atoms with Gasteiger partial charge in [-0.1, -0.05) is 42.5 Å². The summed E-state index contributed by atoms with van der Waals surface area (Å²) in [5, 5.41) is 3.41. The van der Waals surface area contributed by atoms with Crippen LogP contribution >= 0.6 is 0 Å². The normalized spacial score (nSPS) is 14.6. The molecule has 1 N–H and O–H groups in total. The summed E-state index contributed by atoms with van der Waals surface area (Å²) in [4.78, 5) is 50.6. The Morgan fingerprint density at radius 3 is 2.15 bits per heavy atom. The van der Waals surface area contributed by atoms with Gasteiger partial charge in [-0.3, -0.25) is 19.0 Å². The number of nitrogens with one attached hydrogen (secondary N) is 1. The van der Waals surface area contributed by atoms with Crippen molar-refractivity contribution < 1.29 is 22.8 Å². The third-order valence-corrected chi connectivity index (χ3v) is 8.95. The molecule has 1 amide bonds. The summed E-state index contributed by atoms with van der Waals surface area (Å²) in [5.41, 5.74) is 1.84. The molecule has 3 heterocycles. The molecule has 0 atom stereocenters. The predicted molar refractivity (Wildman–Crippen MR) is 173 cm³/mol. The van der Waals surface area contributed by atoms with Gasteiger partial charge in [-0.15, -0.1) is 0 Å². The molecule has 6 rings (SSSR count). The lowest BCUT2D eigenvalue weighted by molar-refractivity contribution is -0.137. The van der Waals surface area contributed by atoms with Crippen molar-refractivity contribution in [2.75, 3.05) is 18.0 Å². The number of carbonyl (C=O) groups is 2. The molecule has 0 unspecified atom stereocenters. The quantitative estimate of drug-likeness (QED) is 0.229. The summed E-state index contributed by atoms with van der Waals surface area (Å²) in [6, 6.07) is 24.0. The molecular formula is C36H32F3N5O3. The largest absolute Gasteiger partial charge is 0.416 e. The van der Waals surface area contributed by atoms with Gasteiger partial charge in [-0.2, -0.15) is 18.2 Å². The molecule has 47 heavy (non-hydrogen) atoms. The van der Waals surface area contributed by atoms with Crippen LogP contribution in [0.5, 0.6) is 0 Å². The lowest BCUT2D eigenvalue weighted by Crippen LogP contribution is -2.47. The Balaban J connectivity index is 1.23. The minimum Gasteiger partial charge on any atom is -0.348 e. The maximum atomic E-state index is 13.2. The molecule has 1 aliphatic rings. The van der Waals surface area contributed by atoms with E-state index in [1.165, 1.54) is 22.8 Å². The Hall–Kier alpha value is -5.32. The molecule has 0 saturated carbocycles. The highest BCUT2D eigenvalue weighted by molar-refractivity contribution is 5.94. The van der Waals surface area contributed by atoms with Gasteiger partial charge < -0.3 is 10.2 Å². The molecule has 1 fully saturated rings. The molecule has 1 aliphatic heterocycles. The molecular weight excluding hydrogens is 607 g/mol. The number of nitrogens with zero attached hydrogens (tertiary/aromatic N) is 4. The number of alkyl halides is 3. The average molecular weight is 640 g/mol. The first kappa shape index (κ1) is 31.7. The Bertz CT molecular complexity index is 2000. The fourth-order valence-corrected chi connectivity index (χ4v) is 6.19. The second kappa shape index (κ2) is 12.5.